The number of hydrogen-bond acceptors (Lipinski definition) is 2. The first-order chi connectivity index (χ1) is 4.72. The summed E-state index contributed by atoms with van der Waals surface area (Å²) in [5.41, 5.74) is 7.93. The van der Waals surface area contributed by atoms with Crippen molar-refractivity contribution in [2.45, 2.75) is 19.9 Å². The number of likely N-dealkylation sites (N-methyl/N-ethyl adjacent to an activating group) is 1. The highest BCUT2D eigenvalue weighted by Gasteiger charge is 2.07. The van der Waals surface area contributed by atoms with E-state index in [4.69, 9.17) is 5.53 Å². The molecule has 0 aromatic carbocycles. The fourth-order valence-corrected chi connectivity index (χ4v) is 0.452. The van der Waals surface area contributed by atoms with E-state index in [0.717, 1.165) is 0 Å². The van der Waals surface area contributed by atoms with Crippen LogP contribution in [0.1, 0.15) is 13.8 Å². The number of carbonyl (C=O) groups excluding carboxylic acids is 1. The van der Waals surface area contributed by atoms with Gasteiger partial charge in [0, 0.05) is 11.5 Å². The Morgan fingerprint density at radius 2 is 2.50 bits per heavy atom. The lowest BCUT2D eigenvalue weighted by Crippen LogP contribution is -2.30. The maximum Gasteiger partial charge on any atom is 0.228 e. The Hall–Kier alpha value is -1.22. The lowest BCUT2D eigenvalue weighted by molar-refractivity contribution is -0.121. The van der Waals surface area contributed by atoms with Crippen molar-refractivity contribution in [3.8, 4) is 0 Å². The molecule has 0 aromatic heterocycles. The van der Waals surface area contributed by atoms with E-state index >= 15 is 0 Å². The van der Waals surface area contributed by atoms with Gasteiger partial charge in [-0.15, -0.1) is 0 Å². The standard InChI is InChI=1S/C5H10N4O/c1-3-7-5(10)4(2)8-9-6/h4H,3H2,1-2H3,(H,7,10). The molecule has 0 bridgehead atoms. The van der Waals surface area contributed by atoms with Gasteiger partial charge in [0.05, 0.1) is 0 Å². The van der Waals surface area contributed by atoms with Gasteiger partial charge >= 0.3 is 0 Å². The molecule has 0 radical (unpaired) electrons. The number of amides is 1. The Balaban J connectivity index is 3.81. The summed E-state index contributed by atoms with van der Waals surface area (Å²) in [6, 6.07) is -0.607. The predicted octanol–water partition coefficient (Wildman–Crippen LogP) is 0.821. The first kappa shape index (κ1) is 8.78. The summed E-state index contributed by atoms with van der Waals surface area (Å²) in [6.07, 6.45) is 0. The molecular weight excluding hydrogens is 132 g/mol. The first-order valence-electron chi connectivity index (χ1n) is 3.04. The van der Waals surface area contributed by atoms with Gasteiger partial charge in [0.25, 0.3) is 0 Å². The molecule has 0 heterocycles. The third-order valence-corrected chi connectivity index (χ3v) is 0.955. The number of nitrogens with zero attached hydrogens (tertiary/aromatic N) is 3. The Kier molecular flexibility index (Phi) is 4.07. The van der Waals surface area contributed by atoms with E-state index in [1.54, 1.807) is 13.8 Å². The molecule has 0 saturated carbocycles. The number of nitrogens with one attached hydrogen (secondary N) is 1. The van der Waals surface area contributed by atoms with Crippen molar-refractivity contribution in [1.82, 2.24) is 5.32 Å². The minimum absolute atomic E-state index is 0.236. The average molecular weight is 142 g/mol. The van der Waals surface area contributed by atoms with Crippen LogP contribution in [0.3, 0.4) is 0 Å². The van der Waals surface area contributed by atoms with Crippen LogP contribution < -0.4 is 5.32 Å². The predicted molar refractivity (Wildman–Crippen MR) is 37.3 cm³/mol. The molecule has 0 aliphatic carbocycles. The van der Waals surface area contributed by atoms with Gasteiger partial charge in [-0.2, -0.15) is 0 Å². The van der Waals surface area contributed by atoms with Gasteiger partial charge in [0.2, 0.25) is 5.91 Å². The maximum atomic E-state index is 10.8. The van der Waals surface area contributed by atoms with Crippen LogP contribution in [-0.2, 0) is 4.79 Å². The summed E-state index contributed by atoms with van der Waals surface area (Å²) < 4.78 is 0. The summed E-state index contributed by atoms with van der Waals surface area (Å²) in [6.45, 7) is 3.91. The second-order valence-corrected chi connectivity index (χ2v) is 1.78. The van der Waals surface area contributed by atoms with Crippen LogP contribution in [0.15, 0.2) is 5.11 Å². The average Bonchev–Trinajstić information content (AvgIpc) is 1.89. The van der Waals surface area contributed by atoms with Gasteiger partial charge < -0.3 is 5.32 Å². The van der Waals surface area contributed by atoms with Crippen molar-refractivity contribution in [3.05, 3.63) is 10.4 Å². The van der Waals surface area contributed by atoms with Crippen molar-refractivity contribution >= 4 is 5.91 Å². The summed E-state index contributed by atoms with van der Waals surface area (Å²) in [7, 11) is 0. The van der Waals surface area contributed by atoms with Crippen molar-refractivity contribution in [2.75, 3.05) is 6.54 Å². The van der Waals surface area contributed by atoms with Gasteiger partial charge in [-0.05, 0) is 19.4 Å². The zero-order valence-electron chi connectivity index (χ0n) is 6.03. The maximum absolute atomic E-state index is 10.8. The molecule has 0 spiro atoms. The molecule has 0 rings (SSSR count). The second-order valence-electron chi connectivity index (χ2n) is 1.78. The molecule has 1 N–H and O–H groups in total. The molecule has 0 aliphatic heterocycles. The third-order valence-electron chi connectivity index (χ3n) is 0.955. The van der Waals surface area contributed by atoms with Crippen molar-refractivity contribution in [2.24, 2.45) is 5.11 Å². The molecule has 10 heavy (non-hydrogen) atoms. The Morgan fingerprint density at radius 1 is 1.90 bits per heavy atom. The number of carbonyl (C=O) groups is 1. The molecule has 5 nitrogen and oxygen atoms in total. The van der Waals surface area contributed by atoms with Gasteiger partial charge in [-0.3, -0.25) is 4.79 Å². The van der Waals surface area contributed by atoms with Crippen LogP contribution >= 0.6 is 0 Å². The monoisotopic (exact) mass is 142 g/mol. The summed E-state index contributed by atoms with van der Waals surface area (Å²) >= 11 is 0. The zero-order valence-corrected chi connectivity index (χ0v) is 6.03. The minimum Gasteiger partial charge on any atom is -0.356 e. The Labute approximate surface area is 59.0 Å². The highest BCUT2D eigenvalue weighted by molar-refractivity contribution is 5.81. The van der Waals surface area contributed by atoms with Crippen LogP contribution in [0.4, 0.5) is 0 Å². The minimum atomic E-state index is -0.607. The topological polar surface area (TPSA) is 77.9 Å². The quantitative estimate of drug-likeness (QED) is 0.353. The van der Waals surface area contributed by atoms with Crippen molar-refractivity contribution < 1.29 is 4.79 Å². The highest BCUT2D eigenvalue weighted by atomic mass is 16.2. The molecule has 56 valence electrons. The van der Waals surface area contributed by atoms with E-state index in [0.29, 0.717) is 6.54 Å². The van der Waals surface area contributed by atoms with Crippen LogP contribution in [0.25, 0.3) is 10.4 Å². The molecular formula is C5H10N4O. The van der Waals surface area contributed by atoms with Crippen molar-refractivity contribution in [3.63, 3.8) is 0 Å². The zero-order chi connectivity index (χ0) is 7.98. The smallest absolute Gasteiger partial charge is 0.228 e. The van der Waals surface area contributed by atoms with Gasteiger partial charge in [0.15, 0.2) is 0 Å². The summed E-state index contributed by atoms with van der Waals surface area (Å²) in [4.78, 5) is 13.3. The van der Waals surface area contributed by atoms with E-state index in [2.05, 4.69) is 15.3 Å². The number of rotatable bonds is 3. The highest BCUT2D eigenvalue weighted by Crippen LogP contribution is 1.88. The molecule has 1 atom stereocenters. The van der Waals surface area contributed by atoms with E-state index in [9.17, 15) is 4.79 Å². The number of hydrogen-bond donors (Lipinski definition) is 1. The summed E-state index contributed by atoms with van der Waals surface area (Å²) in [5, 5.41) is 5.74. The van der Waals surface area contributed by atoms with Crippen LogP contribution in [-0.4, -0.2) is 18.5 Å². The van der Waals surface area contributed by atoms with E-state index in [-0.39, 0.29) is 5.91 Å². The van der Waals surface area contributed by atoms with Crippen LogP contribution in [0.5, 0.6) is 0 Å². The molecule has 0 aliphatic rings. The van der Waals surface area contributed by atoms with Crippen molar-refractivity contribution in [1.29, 1.82) is 0 Å². The molecule has 5 heteroatoms. The molecule has 0 aromatic rings. The van der Waals surface area contributed by atoms with Crippen LogP contribution in [0.2, 0.25) is 0 Å². The van der Waals surface area contributed by atoms with Gasteiger partial charge in [-0.25, -0.2) is 0 Å². The molecule has 0 saturated heterocycles. The van der Waals surface area contributed by atoms with E-state index in [1.807, 2.05) is 0 Å². The SMILES string of the molecule is CCNC(=O)C(C)N=[N+]=[N-]. The Bertz CT molecular complexity index is 161. The summed E-state index contributed by atoms with van der Waals surface area (Å²) in [5.74, 6) is -0.236. The lowest BCUT2D eigenvalue weighted by Gasteiger charge is -2.02. The molecule has 1 amide bonds. The van der Waals surface area contributed by atoms with Crippen LogP contribution in [0, 0.1) is 0 Å². The normalized spacial score (nSPS) is 11.4. The fourth-order valence-electron chi connectivity index (χ4n) is 0.452. The third kappa shape index (κ3) is 2.94. The van der Waals surface area contributed by atoms with E-state index in [1.165, 1.54) is 0 Å². The van der Waals surface area contributed by atoms with Gasteiger partial charge in [0.1, 0.15) is 6.04 Å². The van der Waals surface area contributed by atoms with Gasteiger partial charge in [-0.1, -0.05) is 5.11 Å². The Morgan fingerprint density at radius 3 is 2.90 bits per heavy atom. The first-order valence-corrected chi connectivity index (χ1v) is 3.04. The lowest BCUT2D eigenvalue weighted by atomic mass is 10.3. The molecule has 1 unspecified atom stereocenters. The second kappa shape index (κ2) is 4.64. The number of azide groups is 1. The fraction of sp³-hybridized carbons (Fsp3) is 0.800. The van der Waals surface area contributed by atoms with E-state index < -0.39 is 6.04 Å². The molecule has 0 fully saturated rings. The largest absolute Gasteiger partial charge is 0.356 e.